The van der Waals surface area contributed by atoms with Crippen molar-refractivity contribution in [2.75, 3.05) is 19.6 Å². The first kappa shape index (κ1) is 20.7. The van der Waals surface area contributed by atoms with Gasteiger partial charge in [0, 0.05) is 18.5 Å². The highest BCUT2D eigenvalue weighted by Crippen LogP contribution is 2.23. The number of hydrogen-bond donors (Lipinski definition) is 0. The molecule has 0 atom stereocenters. The minimum atomic E-state index is 0. The SMILES string of the molecule is Cl.O=C(CCN1CCC(CCCc2ccccc2)CC1)c1ccccc1. The van der Waals surface area contributed by atoms with E-state index in [4.69, 9.17) is 0 Å². The predicted molar refractivity (Wildman–Crippen MR) is 111 cm³/mol. The molecule has 1 saturated heterocycles. The third-order valence-electron chi connectivity index (χ3n) is 5.38. The molecule has 1 aliphatic rings. The van der Waals surface area contributed by atoms with Gasteiger partial charge >= 0.3 is 0 Å². The zero-order valence-electron chi connectivity index (χ0n) is 15.5. The van der Waals surface area contributed by atoms with Crippen LogP contribution >= 0.6 is 12.4 Å². The molecule has 1 aliphatic heterocycles. The summed E-state index contributed by atoms with van der Waals surface area (Å²) in [5.41, 5.74) is 2.30. The number of likely N-dealkylation sites (tertiary alicyclic amines) is 1. The number of Topliss-reactive ketones (excluding diaryl/α,β-unsaturated/α-hetero) is 1. The van der Waals surface area contributed by atoms with E-state index in [-0.39, 0.29) is 18.2 Å². The Hall–Kier alpha value is -1.64. The van der Waals surface area contributed by atoms with Gasteiger partial charge in [0.15, 0.2) is 5.78 Å². The van der Waals surface area contributed by atoms with Gasteiger partial charge < -0.3 is 4.90 Å². The fourth-order valence-corrected chi connectivity index (χ4v) is 3.77. The summed E-state index contributed by atoms with van der Waals surface area (Å²) >= 11 is 0. The maximum Gasteiger partial charge on any atom is 0.164 e. The van der Waals surface area contributed by atoms with E-state index < -0.39 is 0 Å². The molecule has 0 radical (unpaired) electrons. The van der Waals surface area contributed by atoms with E-state index in [9.17, 15) is 4.79 Å². The summed E-state index contributed by atoms with van der Waals surface area (Å²) in [4.78, 5) is 14.7. The van der Waals surface area contributed by atoms with Crippen LogP contribution in [-0.2, 0) is 6.42 Å². The molecule has 2 aromatic rings. The van der Waals surface area contributed by atoms with E-state index >= 15 is 0 Å². The second-order valence-corrected chi connectivity index (χ2v) is 7.20. The summed E-state index contributed by atoms with van der Waals surface area (Å²) in [5, 5.41) is 0. The second-order valence-electron chi connectivity index (χ2n) is 7.20. The molecule has 2 nitrogen and oxygen atoms in total. The monoisotopic (exact) mass is 371 g/mol. The van der Waals surface area contributed by atoms with Gasteiger partial charge in [-0.25, -0.2) is 0 Å². The number of carbonyl (C=O) groups is 1. The van der Waals surface area contributed by atoms with Crippen molar-refractivity contribution in [2.45, 2.75) is 38.5 Å². The van der Waals surface area contributed by atoms with Gasteiger partial charge in [0.25, 0.3) is 0 Å². The highest BCUT2D eigenvalue weighted by molar-refractivity contribution is 5.96. The Morgan fingerprint density at radius 2 is 1.54 bits per heavy atom. The molecule has 3 heteroatoms. The summed E-state index contributed by atoms with van der Waals surface area (Å²) in [7, 11) is 0. The first-order valence-corrected chi connectivity index (χ1v) is 9.66. The molecule has 3 rings (SSSR count). The highest BCUT2D eigenvalue weighted by atomic mass is 35.5. The minimum Gasteiger partial charge on any atom is -0.303 e. The standard InChI is InChI=1S/C23H29NO.ClH/c25-23(22-12-5-2-6-13-22)16-19-24-17-14-21(15-18-24)11-7-10-20-8-3-1-4-9-20;/h1-6,8-9,12-13,21H,7,10-11,14-19H2;1H. The van der Waals surface area contributed by atoms with Crippen LogP contribution < -0.4 is 0 Å². The van der Waals surface area contributed by atoms with E-state index in [1.165, 1.54) is 37.7 Å². The first-order chi connectivity index (χ1) is 12.3. The van der Waals surface area contributed by atoms with Crippen LogP contribution in [0.5, 0.6) is 0 Å². The molecular formula is C23H30ClNO. The number of rotatable bonds is 8. The molecule has 26 heavy (non-hydrogen) atoms. The highest BCUT2D eigenvalue weighted by Gasteiger charge is 2.19. The van der Waals surface area contributed by atoms with Gasteiger partial charge in [-0.15, -0.1) is 12.4 Å². The van der Waals surface area contributed by atoms with Crippen molar-refractivity contribution in [3.05, 3.63) is 71.8 Å². The lowest BCUT2D eigenvalue weighted by Crippen LogP contribution is -2.35. The van der Waals surface area contributed by atoms with Crippen LogP contribution in [0.4, 0.5) is 0 Å². The largest absolute Gasteiger partial charge is 0.303 e. The van der Waals surface area contributed by atoms with Gasteiger partial charge in [-0.2, -0.15) is 0 Å². The summed E-state index contributed by atoms with van der Waals surface area (Å²) in [5.74, 6) is 1.13. The lowest BCUT2D eigenvalue weighted by Gasteiger charge is -2.31. The number of piperidine rings is 1. The van der Waals surface area contributed by atoms with Gasteiger partial charge in [-0.05, 0) is 50.3 Å². The van der Waals surface area contributed by atoms with Crippen molar-refractivity contribution >= 4 is 18.2 Å². The summed E-state index contributed by atoms with van der Waals surface area (Å²) in [6.45, 7) is 3.21. The Morgan fingerprint density at radius 1 is 0.923 bits per heavy atom. The smallest absolute Gasteiger partial charge is 0.164 e. The molecule has 0 aromatic heterocycles. The molecule has 1 fully saturated rings. The summed E-state index contributed by atoms with van der Waals surface area (Å²) in [6, 6.07) is 20.5. The maximum atomic E-state index is 12.2. The van der Waals surface area contributed by atoms with Gasteiger partial charge in [0.2, 0.25) is 0 Å². The molecule has 2 aromatic carbocycles. The van der Waals surface area contributed by atoms with E-state index in [0.29, 0.717) is 6.42 Å². The predicted octanol–water partition coefficient (Wildman–Crippen LogP) is 5.42. The minimum absolute atomic E-state index is 0. The third-order valence-corrected chi connectivity index (χ3v) is 5.38. The molecular weight excluding hydrogens is 342 g/mol. The quantitative estimate of drug-likeness (QED) is 0.578. The van der Waals surface area contributed by atoms with Gasteiger partial charge in [-0.1, -0.05) is 67.1 Å². The van der Waals surface area contributed by atoms with E-state index in [1.807, 2.05) is 30.3 Å². The number of benzene rings is 2. The average Bonchev–Trinajstić information content (AvgIpc) is 2.68. The molecule has 0 saturated carbocycles. The normalized spacial score (nSPS) is 15.4. The van der Waals surface area contributed by atoms with Crippen molar-refractivity contribution in [2.24, 2.45) is 5.92 Å². The Kier molecular flexibility index (Phi) is 8.87. The number of ketones is 1. The Bertz CT molecular complexity index is 636. The van der Waals surface area contributed by atoms with Crippen LogP contribution in [0.3, 0.4) is 0 Å². The zero-order valence-corrected chi connectivity index (χ0v) is 16.3. The lowest BCUT2D eigenvalue weighted by molar-refractivity contribution is 0.0949. The van der Waals surface area contributed by atoms with Crippen molar-refractivity contribution < 1.29 is 4.79 Å². The molecule has 1 heterocycles. The number of hydrogen-bond acceptors (Lipinski definition) is 2. The second kappa shape index (κ2) is 11.2. The fraction of sp³-hybridized carbons (Fsp3) is 0.435. The molecule has 0 spiro atoms. The first-order valence-electron chi connectivity index (χ1n) is 9.66. The zero-order chi connectivity index (χ0) is 17.3. The van der Waals surface area contributed by atoms with E-state index in [0.717, 1.165) is 31.1 Å². The molecule has 0 bridgehead atoms. The van der Waals surface area contributed by atoms with Gasteiger partial charge in [0.1, 0.15) is 0 Å². The van der Waals surface area contributed by atoms with E-state index in [2.05, 4.69) is 35.2 Å². The number of aryl methyl sites for hydroxylation is 1. The average molecular weight is 372 g/mol. The summed E-state index contributed by atoms with van der Waals surface area (Å²) in [6.07, 6.45) is 7.05. The van der Waals surface area contributed by atoms with Crippen LogP contribution in [-0.4, -0.2) is 30.3 Å². The van der Waals surface area contributed by atoms with Crippen LogP contribution in [0.2, 0.25) is 0 Å². The Morgan fingerprint density at radius 3 is 2.19 bits per heavy atom. The van der Waals surface area contributed by atoms with Crippen molar-refractivity contribution in [3.8, 4) is 0 Å². The van der Waals surface area contributed by atoms with Gasteiger partial charge in [0.05, 0.1) is 0 Å². The topological polar surface area (TPSA) is 20.3 Å². The van der Waals surface area contributed by atoms with Crippen molar-refractivity contribution in [1.82, 2.24) is 4.90 Å². The molecule has 0 N–H and O–H groups in total. The van der Waals surface area contributed by atoms with Crippen LogP contribution in [0, 0.1) is 5.92 Å². The van der Waals surface area contributed by atoms with Crippen LogP contribution in [0.1, 0.15) is 48.0 Å². The fourth-order valence-electron chi connectivity index (χ4n) is 3.77. The maximum absolute atomic E-state index is 12.2. The molecule has 0 aliphatic carbocycles. The van der Waals surface area contributed by atoms with E-state index in [1.54, 1.807) is 0 Å². The summed E-state index contributed by atoms with van der Waals surface area (Å²) < 4.78 is 0. The Balaban J connectivity index is 0.00000243. The molecule has 140 valence electrons. The number of halogens is 1. The van der Waals surface area contributed by atoms with Crippen molar-refractivity contribution in [1.29, 1.82) is 0 Å². The number of nitrogens with zero attached hydrogens (tertiary/aromatic N) is 1. The lowest BCUT2D eigenvalue weighted by atomic mass is 9.90. The van der Waals surface area contributed by atoms with Crippen LogP contribution in [0.25, 0.3) is 0 Å². The Labute approximate surface area is 164 Å². The third kappa shape index (κ3) is 6.59. The van der Waals surface area contributed by atoms with Gasteiger partial charge in [-0.3, -0.25) is 4.79 Å². The molecule has 0 amide bonds. The van der Waals surface area contributed by atoms with Crippen molar-refractivity contribution in [3.63, 3.8) is 0 Å². The molecule has 0 unspecified atom stereocenters. The number of carbonyl (C=O) groups excluding carboxylic acids is 1. The van der Waals surface area contributed by atoms with Crippen LogP contribution in [0.15, 0.2) is 60.7 Å².